The van der Waals surface area contributed by atoms with E-state index in [-0.39, 0.29) is 18.7 Å². The number of halogens is 1. The van der Waals surface area contributed by atoms with Crippen LogP contribution in [-0.2, 0) is 29.5 Å². The molecule has 284 valence electrons. The molecule has 0 N–H and O–H groups in total. The summed E-state index contributed by atoms with van der Waals surface area (Å²) in [4.78, 5) is 30.9. The number of nitrogens with zero attached hydrogens (tertiary/aromatic N) is 5. The first-order valence-electron chi connectivity index (χ1n) is 19.3. The van der Waals surface area contributed by atoms with Crippen molar-refractivity contribution in [3.63, 3.8) is 0 Å². The number of aromatic nitrogens is 3. The monoisotopic (exact) mass is 743 g/mol. The van der Waals surface area contributed by atoms with Gasteiger partial charge in [0, 0.05) is 74.1 Å². The second-order valence-electron chi connectivity index (χ2n) is 15.9. The fourth-order valence-corrected chi connectivity index (χ4v) is 9.18. The highest BCUT2D eigenvalue weighted by Gasteiger charge is 2.39. The molecule has 3 heterocycles. The van der Waals surface area contributed by atoms with Crippen molar-refractivity contribution in [2.45, 2.75) is 97.6 Å². The third-order valence-corrected chi connectivity index (χ3v) is 11.7. The van der Waals surface area contributed by atoms with E-state index in [0.29, 0.717) is 74.8 Å². The Morgan fingerprint density at radius 2 is 1.74 bits per heavy atom. The summed E-state index contributed by atoms with van der Waals surface area (Å²) in [5.41, 5.74) is 8.52. The molecule has 2 aliphatic carbocycles. The third-order valence-electron chi connectivity index (χ3n) is 11.4. The van der Waals surface area contributed by atoms with Gasteiger partial charge >= 0.3 is 12.1 Å². The predicted molar refractivity (Wildman–Crippen MR) is 208 cm³/mol. The molecule has 0 radical (unpaired) electrons. The van der Waals surface area contributed by atoms with E-state index >= 15 is 0 Å². The number of piperazine rings is 1. The molecule has 3 aliphatic rings. The van der Waals surface area contributed by atoms with Crippen LogP contribution < -0.4 is 4.74 Å². The maximum absolute atomic E-state index is 14.1. The summed E-state index contributed by atoms with van der Waals surface area (Å²) in [6.07, 6.45) is 4.88. The van der Waals surface area contributed by atoms with Crippen molar-refractivity contribution in [1.29, 1.82) is 0 Å². The highest BCUT2D eigenvalue weighted by molar-refractivity contribution is 6.35. The lowest BCUT2D eigenvalue weighted by Crippen LogP contribution is -2.50. The first-order chi connectivity index (χ1) is 25.4. The quantitative estimate of drug-likeness (QED) is 0.113. The summed E-state index contributed by atoms with van der Waals surface area (Å²) >= 11 is 7.13. The van der Waals surface area contributed by atoms with Crippen LogP contribution in [0.4, 0.5) is 4.79 Å². The highest BCUT2D eigenvalue weighted by Crippen LogP contribution is 2.55. The van der Waals surface area contributed by atoms with Crippen LogP contribution in [0.2, 0.25) is 5.02 Å². The number of amides is 1. The lowest BCUT2D eigenvalue weighted by molar-refractivity contribution is 0.0142. The van der Waals surface area contributed by atoms with E-state index in [0.717, 1.165) is 51.2 Å². The average molecular weight is 744 g/mol. The molecule has 0 spiro atoms. The van der Waals surface area contributed by atoms with Gasteiger partial charge in [-0.3, -0.25) is 9.58 Å². The van der Waals surface area contributed by atoms with Gasteiger partial charge in [-0.05, 0) is 109 Å². The Labute approximate surface area is 318 Å². The highest BCUT2D eigenvalue weighted by atomic mass is 35.5. The summed E-state index contributed by atoms with van der Waals surface area (Å²) < 4.78 is 21.9. The zero-order valence-corrected chi connectivity index (χ0v) is 33.1. The zero-order chi connectivity index (χ0) is 37.6. The molecule has 2 fully saturated rings. The second kappa shape index (κ2) is 15.0. The molecule has 2 aromatic carbocycles. The first-order valence-corrected chi connectivity index (χ1v) is 19.7. The van der Waals surface area contributed by atoms with Crippen LogP contribution >= 0.6 is 11.6 Å². The molecule has 2 aromatic heterocycles. The van der Waals surface area contributed by atoms with Gasteiger partial charge in [0.2, 0.25) is 0 Å². The van der Waals surface area contributed by atoms with Crippen LogP contribution in [0, 0.1) is 13.8 Å². The molecular formula is C42H54ClN5O5. The number of aryl methyl sites for hydroxylation is 3. The topological polar surface area (TPSA) is 91.1 Å². The summed E-state index contributed by atoms with van der Waals surface area (Å²) in [7, 11) is 1.94. The molecule has 1 aliphatic heterocycles. The van der Waals surface area contributed by atoms with E-state index in [1.807, 2.05) is 52.4 Å². The minimum absolute atomic E-state index is 0.269. The Morgan fingerprint density at radius 3 is 2.43 bits per heavy atom. The number of rotatable bonds is 11. The number of esters is 1. The van der Waals surface area contributed by atoms with Crippen LogP contribution in [0.1, 0.15) is 104 Å². The van der Waals surface area contributed by atoms with Gasteiger partial charge in [0.15, 0.2) is 0 Å². The van der Waals surface area contributed by atoms with E-state index in [4.69, 9.17) is 30.9 Å². The van der Waals surface area contributed by atoms with Crippen LogP contribution in [0.3, 0.4) is 0 Å². The molecule has 11 heteroatoms. The lowest BCUT2D eigenvalue weighted by Gasteiger charge is -2.35. The molecule has 2 bridgehead atoms. The summed E-state index contributed by atoms with van der Waals surface area (Å²) in [6.45, 7) is 16.2. The largest absolute Gasteiger partial charge is 0.493 e. The van der Waals surface area contributed by atoms with Gasteiger partial charge in [0.05, 0.1) is 29.4 Å². The summed E-state index contributed by atoms with van der Waals surface area (Å²) in [5, 5.41) is 6.34. The predicted octanol–water partition coefficient (Wildman–Crippen LogP) is 8.42. The number of fused-ring (bicyclic) bond motifs is 6. The molecule has 1 saturated carbocycles. The van der Waals surface area contributed by atoms with E-state index in [1.54, 1.807) is 4.90 Å². The Bertz CT molecular complexity index is 2020. The Hall–Kier alpha value is -4.02. The van der Waals surface area contributed by atoms with E-state index in [2.05, 4.69) is 40.7 Å². The molecule has 1 amide bonds. The summed E-state index contributed by atoms with van der Waals surface area (Å²) in [6, 6.07) is 10.5. The third kappa shape index (κ3) is 7.29. The van der Waals surface area contributed by atoms with Gasteiger partial charge in [-0.1, -0.05) is 29.8 Å². The number of ether oxygens (including phenoxy) is 3. The van der Waals surface area contributed by atoms with Gasteiger partial charge < -0.3 is 23.7 Å². The van der Waals surface area contributed by atoms with Crippen LogP contribution in [-0.4, -0.2) is 87.7 Å². The van der Waals surface area contributed by atoms with E-state index < -0.39 is 5.60 Å². The van der Waals surface area contributed by atoms with Crippen molar-refractivity contribution in [3.05, 3.63) is 69.1 Å². The standard InChI is InChI=1S/C42H54ClN5O5/c1-8-51-40(49)39-31(12-10-24-52-34-13-9-11-30-28-14-15-29(25-28)36(30)34)32-16-17-33(43)37(35-26(2)44-45(7)27(35)3)38(32)48(39)23-20-46-18-21-47(22-19-46)41(50)53-42(4,5)6/h9,11,13,16-17,28-29H,8,10,12,14-15,18-25H2,1-7H3. The number of hydrogen-bond donors (Lipinski definition) is 0. The van der Waals surface area contributed by atoms with Crippen molar-refractivity contribution in [1.82, 2.24) is 24.1 Å². The normalized spacial score (nSPS) is 18.5. The van der Waals surface area contributed by atoms with E-state index in [1.165, 1.54) is 30.4 Å². The van der Waals surface area contributed by atoms with Gasteiger partial charge in [-0.25, -0.2) is 9.59 Å². The molecular weight excluding hydrogens is 690 g/mol. The fourth-order valence-electron chi connectivity index (χ4n) is 8.93. The first kappa shape index (κ1) is 37.3. The maximum atomic E-state index is 14.1. The number of carbonyl (C=O) groups excluding carboxylic acids is 2. The van der Waals surface area contributed by atoms with Crippen LogP contribution in [0.5, 0.6) is 5.75 Å². The van der Waals surface area contributed by atoms with Gasteiger partial charge in [0.25, 0.3) is 0 Å². The number of benzene rings is 2. The number of hydrogen-bond acceptors (Lipinski definition) is 7. The minimum atomic E-state index is -0.539. The molecule has 2 unspecified atom stereocenters. The Kier molecular flexibility index (Phi) is 10.6. The number of carbonyl (C=O) groups is 2. The van der Waals surface area contributed by atoms with Crippen LogP contribution in [0.15, 0.2) is 30.3 Å². The second-order valence-corrected chi connectivity index (χ2v) is 16.3. The summed E-state index contributed by atoms with van der Waals surface area (Å²) in [5.74, 6) is 1.97. The molecule has 7 rings (SSSR count). The van der Waals surface area contributed by atoms with Gasteiger partial charge in [-0.2, -0.15) is 5.10 Å². The fraction of sp³-hybridized carbons (Fsp3) is 0.548. The van der Waals surface area contributed by atoms with Crippen molar-refractivity contribution in [2.75, 3.05) is 45.9 Å². The SMILES string of the molecule is CCOC(=O)c1c(CCCOc2cccc3c2C2CCC3C2)c2ccc(Cl)c(-c3c(C)nn(C)c3C)c2n1CCN1CCN(C(=O)OC(C)(C)C)CC1. The Balaban J connectivity index is 1.21. The molecule has 1 saturated heterocycles. The maximum Gasteiger partial charge on any atom is 0.410 e. The smallest absolute Gasteiger partial charge is 0.410 e. The lowest BCUT2D eigenvalue weighted by atomic mass is 9.91. The molecule has 4 aromatic rings. The van der Waals surface area contributed by atoms with Crippen molar-refractivity contribution in [2.24, 2.45) is 7.05 Å². The van der Waals surface area contributed by atoms with Crippen LogP contribution in [0.25, 0.3) is 22.0 Å². The van der Waals surface area contributed by atoms with Crippen molar-refractivity contribution >= 4 is 34.6 Å². The van der Waals surface area contributed by atoms with Gasteiger partial charge in [-0.15, -0.1) is 0 Å². The van der Waals surface area contributed by atoms with Crippen molar-refractivity contribution < 1.29 is 23.8 Å². The molecule has 10 nitrogen and oxygen atoms in total. The minimum Gasteiger partial charge on any atom is -0.493 e. The average Bonchev–Trinajstić information content (AvgIpc) is 3.87. The van der Waals surface area contributed by atoms with Crippen molar-refractivity contribution in [3.8, 4) is 16.9 Å². The molecule has 53 heavy (non-hydrogen) atoms. The zero-order valence-electron chi connectivity index (χ0n) is 32.4. The van der Waals surface area contributed by atoms with Gasteiger partial charge in [0.1, 0.15) is 17.0 Å². The molecule has 2 atom stereocenters. The van der Waals surface area contributed by atoms with E-state index in [9.17, 15) is 9.59 Å². The Morgan fingerprint density at radius 1 is 0.981 bits per heavy atom.